The molecule has 0 spiro atoms. The summed E-state index contributed by atoms with van der Waals surface area (Å²) in [4.78, 5) is 14.2. The van der Waals surface area contributed by atoms with Gasteiger partial charge in [-0.25, -0.2) is 0 Å². The Morgan fingerprint density at radius 2 is 2.37 bits per heavy atom. The monoisotopic (exact) mass is 261 g/mol. The fourth-order valence-corrected chi connectivity index (χ4v) is 2.39. The third kappa shape index (κ3) is 4.33. The van der Waals surface area contributed by atoms with E-state index in [0.717, 1.165) is 26.1 Å². The van der Waals surface area contributed by atoms with Gasteiger partial charge in [0, 0.05) is 26.2 Å². The molecule has 1 aromatic rings. The van der Waals surface area contributed by atoms with Gasteiger partial charge in [0.15, 0.2) is 0 Å². The lowest BCUT2D eigenvalue weighted by molar-refractivity contribution is -0.124. The van der Waals surface area contributed by atoms with E-state index in [-0.39, 0.29) is 11.9 Å². The van der Waals surface area contributed by atoms with Crippen LogP contribution < -0.4 is 10.6 Å². The van der Waals surface area contributed by atoms with Crippen molar-refractivity contribution in [3.05, 3.63) is 35.4 Å². The van der Waals surface area contributed by atoms with E-state index >= 15 is 0 Å². The lowest BCUT2D eigenvalue weighted by Gasteiger charge is -2.29. The van der Waals surface area contributed by atoms with Gasteiger partial charge >= 0.3 is 0 Å². The summed E-state index contributed by atoms with van der Waals surface area (Å²) in [6.45, 7) is 5.46. The molecule has 0 aromatic heterocycles. The van der Waals surface area contributed by atoms with Gasteiger partial charge in [-0.3, -0.25) is 4.79 Å². The standard InChI is InChI=1S/C15H23N3O/c1-12-4-3-5-13(10-12)6-7-17-15(19)14-11-18(2)9-8-16-14/h3-5,10,14,16H,6-9,11H2,1-2H3,(H,17,19). The molecule has 0 aliphatic carbocycles. The van der Waals surface area contributed by atoms with Crippen LogP contribution in [0.1, 0.15) is 11.1 Å². The molecule has 1 aliphatic rings. The molecule has 1 aliphatic heterocycles. The maximum absolute atomic E-state index is 12.0. The van der Waals surface area contributed by atoms with Gasteiger partial charge in [0.25, 0.3) is 0 Å². The lowest BCUT2D eigenvalue weighted by Crippen LogP contribution is -2.56. The van der Waals surface area contributed by atoms with E-state index in [1.54, 1.807) is 0 Å². The van der Waals surface area contributed by atoms with Crippen molar-refractivity contribution < 1.29 is 4.79 Å². The zero-order chi connectivity index (χ0) is 13.7. The third-order valence-electron chi connectivity index (χ3n) is 3.49. The Bertz CT molecular complexity index is 433. The van der Waals surface area contributed by atoms with Crippen LogP contribution in [0.15, 0.2) is 24.3 Å². The molecule has 1 fully saturated rings. The van der Waals surface area contributed by atoms with E-state index in [4.69, 9.17) is 0 Å². The number of carbonyl (C=O) groups excluding carboxylic acids is 1. The molecule has 1 atom stereocenters. The minimum absolute atomic E-state index is 0.0729. The molecular formula is C15H23N3O. The average molecular weight is 261 g/mol. The largest absolute Gasteiger partial charge is 0.354 e. The Labute approximate surface area is 115 Å². The molecule has 0 bridgehead atoms. The van der Waals surface area contributed by atoms with Gasteiger partial charge in [0.1, 0.15) is 0 Å². The minimum atomic E-state index is -0.0729. The Morgan fingerprint density at radius 1 is 1.53 bits per heavy atom. The smallest absolute Gasteiger partial charge is 0.238 e. The molecular weight excluding hydrogens is 238 g/mol. The number of likely N-dealkylation sites (N-methyl/N-ethyl adjacent to an activating group) is 1. The summed E-state index contributed by atoms with van der Waals surface area (Å²) in [6.07, 6.45) is 0.885. The minimum Gasteiger partial charge on any atom is -0.354 e. The molecule has 1 amide bonds. The van der Waals surface area contributed by atoms with Crippen LogP contribution in [0.2, 0.25) is 0 Å². The topological polar surface area (TPSA) is 44.4 Å². The zero-order valence-corrected chi connectivity index (χ0v) is 11.8. The predicted molar refractivity (Wildman–Crippen MR) is 77.2 cm³/mol. The second-order valence-corrected chi connectivity index (χ2v) is 5.30. The number of amides is 1. The van der Waals surface area contributed by atoms with Gasteiger partial charge in [-0.1, -0.05) is 29.8 Å². The summed E-state index contributed by atoms with van der Waals surface area (Å²) in [7, 11) is 2.05. The van der Waals surface area contributed by atoms with Crippen LogP contribution in [0.25, 0.3) is 0 Å². The van der Waals surface area contributed by atoms with Crippen molar-refractivity contribution in [2.45, 2.75) is 19.4 Å². The Hall–Kier alpha value is -1.39. The number of hydrogen-bond acceptors (Lipinski definition) is 3. The first-order chi connectivity index (χ1) is 9.15. The molecule has 0 saturated carbocycles. The number of piperazine rings is 1. The number of rotatable bonds is 4. The summed E-state index contributed by atoms with van der Waals surface area (Å²) < 4.78 is 0. The van der Waals surface area contributed by atoms with Crippen molar-refractivity contribution >= 4 is 5.91 Å². The second-order valence-electron chi connectivity index (χ2n) is 5.30. The third-order valence-corrected chi connectivity index (χ3v) is 3.49. The summed E-state index contributed by atoms with van der Waals surface area (Å²) in [5, 5.41) is 6.27. The van der Waals surface area contributed by atoms with Crippen LogP contribution in [0, 0.1) is 6.92 Å². The molecule has 2 rings (SSSR count). The highest BCUT2D eigenvalue weighted by Crippen LogP contribution is 2.04. The van der Waals surface area contributed by atoms with E-state index in [1.807, 2.05) is 7.05 Å². The fourth-order valence-electron chi connectivity index (χ4n) is 2.39. The van der Waals surface area contributed by atoms with Crippen LogP contribution in [0.3, 0.4) is 0 Å². The van der Waals surface area contributed by atoms with Gasteiger partial charge in [0.05, 0.1) is 6.04 Å². The molecule has 0 radical (unpaired) electrons. The molecule has 1 heterocycles. The molecule has 104 valence electrons. The SMILES string of the molecule is Cc1cccc(CCNC(=O)C2CN(C)CCN2)c1. The number of aryl methyl sites for hydroxylation is 1. The molecule has 4 nitrogen and oxygen atoms in total. The van der Waals surface area contributed by atoms with Crippen molar-refractivity contribution in [2.24, 2.45) is 0 Å². The van der Waals surface area contributed by atoms with Crippen LogP contribution in [0.5, 0.6) is 0 Å². The second kappa shape index (κ2) is 6.68. The first kappa shape index (κ1) is 14.0. The van der Waals surface area contributed by atoms with Crippen molar-refractivity contribution in [3.8, 4) is 0 Å². The molecule has 1 aromatic carbocycles. The van der Waals surface area contributed by atoms with Gasteiger partial charge in [0.2, 0.25) is 5.91 Å². The van der Waals surface area contributed by atoms with Crippen molar-refractivity contribution in [3.63, 3.8) is 0 Å². The quantitative estimate of drug-likeness (QED) is 0.832. The Morgan fingerprint density at radius 3 is 3.11 bits per heavy atom. The highest BCUT2D eigenvalue weighted by Gasteiger charge is 2.22. The van der Waals surface area contributed by atoms with Crippen LogP contribution in [0.4, 0.5) is 0 Å². The molecule has 1 unspecified atom stereocenters. The van der Waals surface area contributed by atoms with Crippen LogP contribution in [-0.2, 0) is 11.2 Å². The van der Waals surface area contributed by atoms with Crippen molar-refractivity contribution in [1.29, 1.82) is 0 Å². The van der Waals surface area contributed by atoms with E-state index in [9.17, 15) is 4.79 Å². The van der Waals surface area contributed by atoms with Crippen LogP contribution >= 0.6 is 0 Å². The highest BCUT2D eigenvalue weighted by molar-refractivity contribution is 5.82. The highest BCUT2D eigenvalue weighted by atomic mass is 16.2. The average Bonchev–Trinajstić information content (AvgIpc) is 2.38. The summed E-state index contributed by atoms with van der Waals surface area (Å²) >= 11 is 0. The fraction of sp³-hybridized carbons (Fsp3) is 0.533. The molecule has 19 heavy (non-hydrogen) atoms. The first-order valence-corrected chi connectivity index (χ1v) is 6.90. The predicted octanol–water partition coefficient (Wildman–Crippen LogP) is 0.557. The van der Waals surface area contributed by atoms with E-state index in [0.29, 0.717) is 6.54 Å². The number of nitrogens with zero attached hydrogens (tertiary/aromatic N) is 1. The van der Waals surface area contributed by atoms with Gasteiger partial charge in [-0.2, -0.15) is 0 Å². The zero-order valence-electron chi connectivity index (χ0n) is 11.8. The Kier molecular flexibility index (Phi) is 4.93. The van der Waals surface area contributed by atoms with Crippen molar-refractivity contribution in [2.75, 3.05) is 33.2 Å². The summed E-state index contributed by atoms with van der Waals surface area (Å²) in [6, 6.07) is 8.34. The maximum Gasteiger partial charge on any atom is 0.238 e. The lowest BCUT2D eigenvalue weighted by atomic mass is 10.1. The normalized spacial score (nSPS) is 20.2. The van der Waals surface area contributed by atoms with Gasteiger partial charge in [-0.15, -0.1) is 0 Å². The summed E-state index contributed by atoms with van der Waals surface area (Å²) in [5.74, 6) is 0.110. The van der Waals surface area contributed by atoms with E-state index < -0.39 is 0 Å². The number of hydrogen-bond donors (Lipinski definition) is 2. The van der Waals surface area contributed by atoms with E-state index in [1.165, 1.54) is 11.1 Å². The Balaban J connectivity index is 1.74. The summed E-state index contributed by atoms with van der Waals surface area (Å²) in [5.41, 5.74) is 2.54. The molecule has 2 N–H and O–H groups in total. The number of benzene rings is 1. The van der Waals surface area contributed by atoms with Crippen LogP contribution in [-0.4, -0.2) is 50.1 Å². The van der Waals surface area contributed by atoms with Crippen molar-refractivity contribution in [1.82, 2.24) is 15.5 Å². The maximum atomic E-state index is 12.0. The van der Waals surface area contributed by atoms with E-state index in [2.05, 4.69) is 46.7 Å². The number of carbonyl (C=O) groups is 1. The molecule has 1 saturated heterocycles. The number of nitrogens with one attached hydrogen (secondary N) is 2. The first-order valence-electron chi connectivity index (χ1n) is 6.90. The molecule has 4 heteroatoms. The van der Waals surface area contributed by atoms with Gasteiger partial charge in [-0.05, 0) is 26.0 Å². The van der Waals surface area contributed by atoms with Gasteiger partial charge < -0.3 is 15.5 Å².